The van der Waals surface area contributed by atoms with Crippen molar-refractivity contribution in [3.8, 4) is 17.2 Å². The maximum atomic E-state index is 12.3. The molecule has 5 rings (SSSR count). The first-order valence-corrected chi connectivity index (χ1v) is 10.3. The van der Waals surface area contributed by atoms with Gasteiger partial charge in [0.05, 0.1) is 18.6 Å². The minimum atomic E-state index is -0.415. The van der Waals surface area contributed by atoms with E-state index in [0.717, 1.165) is 22.4 Å². The standard InChI is InChI=1S/C24H20N6O2/c25-12-11-16-3-5-17(6-4-16)21-2-1-13-30-22(21)27-24(28-30)26-19-9-7-18(8-10-19)23(32)29-14-20(31)15-29/h1-10,13,20,31H,11,14-15H2,(H,26,28). The summed E-state index contributed by atoms with van der Waals surface area (Å²) in [5.74, 6) is 0.363. The molecule has 1 aliphatic rings. The quantitative estimate of drug-likeness (QED) is 0.510. The molecular weight excluding hydrogens is 404 g/mol. The molecule has 158 valence electrons. The molecule has 1 amide bonds. The van der Waals surface area contributed by atoms with Crippen LogP contribution in [-0.2, 0) is 6.42 Å². The SMILES string of the molecule is N#CCc1ccc(-c2cccn3nc(Nc4ccc(C(=O)N5CC(O)C5)cc4)nc23)cc1. The first kappa shape index (κ1) is 19.7. The lowest BCUT2D eigenvalue weighted by atomic mass is 10.0. The summed E-state index contributed by atoms with van der Waals surface area (Å²) in [6.07, 6.45) is 1.81. The van der Waals surface area contributed by atoms with Crippen molar-refractivity contribution in [1.82, 2.24) is 19.5 Å². The smallest absolute Gasteiger partial charge is 0.254 e. The van der Waals surface area contributed by atoms with Crippen molar-refractivity contribution < 1.29 is 9.90 Å². The highest BCUT2D eigenvalue weighted by atomic mass is 16.3. The molecule has 1 aliphatic heterocycles. The van der Waals surface area contributed by atoms with Crippen LogP contribution in [0.15, 0.2) is 66.9 Å². The predicted octanol–water partition coefficient (Wildman–Crippen LogP) is 3.02. The summed E-state index contributed by atoms with van der Waals surface area (Å²) in [5, 5.41) is 25.9. The lowest BCUT2D eigenvalue weighted by Crippen LogP contribution is -2.53. The lowest BCUT2D eigenvalue weighted by Gasteiger charge is -2.35. The summed E-state index contributed by atoms with van der Waals surface area (Å²) in [6.45, 7) is 0.765. The number of aliphatic hydroxyl groups excluding tert-OH is 1. The van der Waals surface area contributed by atoms with Crippen LogP contribution in [0.25, 0.3) is 16.8 Å². The molecule has 0 atom stereocenters. The molecule has 1 saturated heterocycles. The van der Waals surface area contributed by atoms with Crippen molar-refractivity contribution >= 4 is 23.2 Å². The molecule has 0 radical (unpaired) electrons. The Balaban J connectivity index is 1.36. The van der Waals surface area contributed by atoms with Gasteiger partial charge in [0, 0.05) is 36.1 Å². The van der Waals surface area contributed by atoms with Gasteiger partial charge in [-0.2, -0.15) is 10.2 Å². The molecule has 0 saturated carbocycles. The van der Waals surface area contributed by atoms with Gasteiger partial charge in [0.15, 0.2) is 5.65 Å². The highest BCUT2D eigenvalue weighted by molar-refractivity contribution is 5.95. The van der Waals surface area contributed by atoms with Crippen LogP contribution >= 0.6 is 0 Å². The Morgan fingerprint density at radius 2 is 1.88 bits per heavy atom. The minimum absolute atomic E-state index is 0.0851. The van der Waals surface area contributed by atoms with E-state index in [-0.39, 0.29) is 5.91 Å². The Morgan fingerprint density at radius 3 is 2.56 bits per heavy atom. The van der Waals surface area contributed by atoms with E-state index < -0.39 is 6.10 Å². The van der Waals surface area contributed by atoms with Gasteiger partial charge in [0.1, 0.15) is 0 Å². The molecule has 1 fully saturated rings. The number of hydrogen-bond acceptors (Lipinski definition) is 6. The second kappa shape index (κ2) is 8.13. The number of hydrogen-bond donors (Lipinski definition) is 2. The Hall–Kier alpha value is -4.22. The lowest BCUT2D eigenvalue weighted by molar-refractivity contribution is 0.00590. The number of amides is 1. The second-order valence-electron chi connectivity index (χ2n) is 7.72. The van der Waals surface area contributed by atoms with Gasteiger partial charge < -0.3 is 15.3 Å². The Bertz CT molecular complexity index is 1320. The fourth-order valence-electron chi connectivity index (χ4n) is 3.71. The normalized spacial score (nSPS) is 13.6. The Morgan fingerprint density at radius 1 is 1.12 bits per heavy atom. The molecule has 0 bridgehead atoms. The fraction of sp³-hybridized carbons (Fsp3) is 0.167. The first-order valence-electron chi connectivity index (χ1n) is 10.3. The number of anilines is 2. The molecule has 0 unspecified atom stereocenters. The third-order valence-electron chi connectivity index (χ3n) is 5.45. The van der Waals surface area contributed by atoms with Gasteiger partial charge in [-0.1, -0.05) is 24.3 Å². The molecular formula is C24H20N6O2. The van der Waals surface area contributed by atoms with Crippen LogP contribution in [-0.4, -0.2) is 49.7 Å². The molecule has 0 aliphatic carbocycles. The van der Waals surface area contributed by atoms with Crippen molar-refractivity contribution in [2.75, 3.05) is 18.4 Å². The van der Waals surface area contributed by atoms with Crippen molar-refractivity contribution in [1.29, 1.82) is 5.26 Å². The number of carbonyl (C=O) groups excluding carboxylic acids is 1. The number of β-amino-alcohol motifs (C(OH)–C–C–N with tert-alkyl or cyclic N) is 1. The van der Waals surface area contributed by atoms with E-state index in [1.165, 1.54) is 0 Å². The molecule has 0 spiro atoms. The number of fused-ring (bicyclic) bond motifs is 1. The molecule has 3 heterocycles. The van der Waals surface area contributed by atoms with Gasteiger partial charge in [-0.05, 0) is 47.5 Å². The number of benzene rings is 2. The van der Waals surface area contributed by atoms with Crippen LogP contribution in [0.2, 0.25) is 0 Å². The van der Waals surface area contributed by atoms with E-state index in [1.807, 2.05) is 54.7 Å². The summed E-state index contributed by atoms with van der Waals surface area (Å²) in [7, 11) is 0. The average Bonchev–Trinajstić information content (AvgIpc) is 3.20. The van der Waals surface area contributed by atoms with Gasteiger partial charge >= 0.3 is 0 Å². The number of nitrogens with one attached hydrogen (secondary N) is 1. The third kappa shape index (κ3) is 3.77. The topological polar surface area (TPSA) is 107 Å². The molecule has 2 N–H and O–H groups in total. The molecule has 8 nitrogen and oxygen atoms in total. The largest absolute Gasteiger partial charge is 0.389 e. The second-order valence-corrected chi connectivity index (χ2v) is 7.72. The van der Waals surface area contributed by atoms with Crippen LogP contribution in [0.1, 0.15) is 15.9 Å². The highest BCUT2D eigenvalue weighted by Crippen LogP contribution is 2.25. The van der Waals surface area contributed by atoms with Crippen LogP contribution in [0.5, 0.6) is 0 Å². The van der Waals surface area contributed by atoms with Gasteiger partial charge in [-0.15, -0.1) is 5.10 Å². The molecule has 4 aromatic rings. The van der Waals surface area contributed by atoms with Crippen molar-refractivity contribution in [2.24, 2.45) is 0 Å². The fourth-order valence-corrected chi connectivity index (χ4v) is 3.71. The van der Waals surface area contributed by atoms with Crippen molar-refractivity contribution in [3.63, 3.8) is 0 Å². The number of likely N-dealkylation sites (tertiary alicyclic amines) is 1. The molecule has 2 aromatic heterocycles. The van der Waals surface area contributed by atoms with E-state index in [9.17, 15) is 9.90 Å². The summed E-state index contributed by atoms with van der Waals surface area (Å²) in [4.78, 5) is 18.6. The number of rotatable bonds is 5. The van der Waals surface area contributed by atoms with Crippen molar-refractivity contribution in [3.05, 3.63) is 78.0 Å². The third-order valence-corrected chi connectivity index (χ3v) is 5.45. The zero-order valence-electron chi connectivity index (χ0n) is 17.1. The van der Waals surface area contributed by atoms with Gasteiger partial charge in [-0.25, -0.2) is 4.52 Å². The Labute approximate surface area is 184 Å². The molecule has 32 heavy (non-hydrogen) atoms. The summed E-state index contributed by atoms with van der Waals surface area (Å²) < 4.78 is 1.72. The average molecular weight is 424 g/mol. The van der Waals surface area contributed by atoms with Crippen LogP contribution in [0.4, 0.5) is 11.6 Å². The van der Waals surface area contributed by atoms with E-state index in [4.69, 9.17) is 5.26 Å². The summed E-state index contributed by atoms with van der Waals surface area (Å²) >= 11 is 0. The van der Waals surface area contributed by atoms with Crippen molar-refractivity contribution in [2.45, 2.75) is 12.5 Å². The van der Waals surface area contributed by atoms with Crippen LogP contribution < -0.4 is 5.32 Å². The van der Waals surface area contributed by atoms with Crippen LogP contribution in [0.3, 0.4) is 0 Å². The van der Waals surface area contributed by atoms with Gasteiger partial charge in [0.2, 0.25) is 5.95 Å². The van der Waals surface area contributed by atoms with E-state index in [1.54, 1.807) is 21.5 Å². The summed E-state index contributed by atoms with van der Waals surface area (Å²) in [5.41, 5.74) is 4.96. The molecule has 2 aromatic carbocycles. The maximum Gasteiger partial charge on any atom is 0.254 e. The monoisotopic (exact) mass is 424 g/mol. The van der Waals surface area contributed by atoms with Gasteiger partial charge in [0.25, 0.3) is 5.91 Å². The number of aliphatic hydroxyl groups is 1. The number of nitrogens with zero attached hydrogens (tertiary/aromatic N) is 5. The zero-order valence-corrected chi connectivity index (χ0v) is 17.1. The highest BCUT2D eigenvalue weighted by Gasteiger charge is 2.29. The number of nitriles is 1. The molecule has 8 heteroatoms. The van der Waals surface area contributed by atoms with E-state index >= 15 is 0 Å². The predicted molar refractivity (Wildman–Crippen MR) is 119 cm³/mol. The minimum Gasteiger partial charge on any atom is -0.389 e. The number of aromatic nitrogens is 3. The Kier molecular flexibility index (Phi) is 5.01. The van der Waals surface area contributed by atoms with Gasteiger partial charge in [-0.3, -0.25) is 4.79 Å². The van der Waals surface area contributed by atoms with E-state index in [0.29, 0.717) is 36.7 Å². The summed E-state index contributed by atoms with van der Waals surface area (Å²) in [6, 6.07) is 21.0. The first-order chi connectivity index (χ1) is 15.6. The zero-order chi connectivity index (χ0) is 22.1. The maximum absolute atomic E-state index is 12.3. The number of pyridine rings is 1. The van der Waals surface area contributed by atoms with Crippen LogP contribution in [0, 0.1) is 11.3 Å². The number of carbonyl (C=O) groups is 1. The van der Waals surface area contributed by atoms with E-state index in [2.05, 4.69) is 21.5 Å².